The van der Waals surface area contributed by atoms with Gasteiger partial charge in [-0.25, -0.2) is 10.2 Å². The molecule has 174 valence electrons. The van der Waals surface area contributed by atoms with Crippen molar-refractivity contribution in [1.29, 1.82) is 0 Å². The first-order chi connectivity index (χ1) is 16.4. The van der Waals surface area contributed by atoms with E-state index in [-0.39, 0.29) is 12.5 Å². The molecule has 0 aromatic heterocycles. The molecule has 3 aromatic carbocycles. The van der Waals surface area contributed by atoms with Gasteiger partial charge >= 0.3 is 5.97 Å². The van der Waals surface area contributed by atoms with Gasteiger partial charge in [0.2, 0.25) is 0 Å². The quantitative estimate of drug-likeness (QED) is 0.157. The third-order valence-electron chi connectivity index (χ3n) is 4.95. The second-order valence-electron chi connectivity index (χ2n) is 8.00. The van der Waals surface area contributed by atoms with Gasteiger partial charge in [0.05, 0.1) is 6.21 Å². The van der Waals surface area contributed by atoms with E-state index in [9.17, 15) is 9.59 Å². The molecular weight excluding hydrogens is 428 g/mol. The van der Waals surface area contributed by atoms with Crippen molar-refractivity contribution in [2.24, 2.45) is 5.10 Å². The molecule has 0 spiro atoms. The van der Waals surface area contributed by atoms with Crippen LogP contribution in [0, 0.1) is 6.92 Å². The number of carbonyl (C=O) groups excluding carboxylic acids is 2. The minimum Gasteiger partial charge on any atom is -0.483 e. The van der Waals surface area contributed by atoms with Gasteiger partial charge in [-0.2, -0.15) is 5.10 Å². The van der Waals surface area contributed by atoms with Crippen molar-refractivity contribution in [3.63, 3.8) is 0 Å². The van der Waals surface area contributed by atoms with Gasteiger partial charge in [-0.15, -0.1) is 0 Å². The Balaban J connectivity index is 1.45. The molecule has 0 radical (unpaired) electrons. The van der Waals surface area contributed by atoms with Gasteiger partial charge in [-0.1, -0.05) is 56.3 Å². The van der Waals surface area contributed by atoms with Crippen molar-refractivity contribution in [3.05, 3.63) is 101 Å². The lowest BCUT2D eigenvalue weighted by atomic mass is 10.0. The van der Waals surface area contributed by atoms with Crippen LogP contribution in [0.4, 0.5) is 0 Å². The van der Waals surface area contributed by atoms with Crippen LogP contribution in [-0.4, -0.2) is 24.7 Å². The molecule has 0 unspecified atom stereocenters. The van der Waals surface area contributed by atoms with Crippen LogP contribution in [-0.2, 0) is 9.59 Å². The van der Waals surface area contributed by atoms with E-state index in [4.69, 9.17) is 9.47 Å². The Kier molecular flexibility index (Phi) is 8.74. The maximum absolute atomic E-state index is 12.1. The van der Waals surface area contributed by atoms with Gasteiger partial charge in [0.25, 0.3) is 5.91 Å². The number of nitrogens with zero attached hydrogens (tertiary/aromatic N) is 1. The van der Waals surface area contributed by atoms with E-state index in [1.807, 2.05) is 49.4 Å². The van der Waals surface area contributed by atoms with Crippen molar-refractivity contribution in [3.8, 4) is 11.5 Å². The first-order valence-electron chi connectivity index (χ1n) is 11.0. The summed E-state index contributed by atoms with van der Waals surface area (Å²) >= 11 is 0. The fraction of sp³-hybridized carbons (Fsp3) is 0.179. The number of nitrogens with one attached hydrogen (secondary N) is 1. The number of aryl methyl sites for hydroxylation is 1. The first-order valence-corrected chi connectivity index (χ1v) is 11.0. The third-order valence-corrected chi connectivity index (χ3v) is 4.95. The van der Waals surface area contributed by atoms with Crippen LogP contribution in [0.3, 0.4) is 0 Å². The fourth-order valence-corrected chi connectivity index (χ4v) is 2.99. The number of hydrogen-bond acceptors (Lipinski definition) is 5. The van der Waals surface area contributed by atoms with E-state index in [1.165, 1.54) is 12.3 Å². The molecule has 34 heavy (non-hydrogen) atoms. The number of esters is 1. The Morgan fingerprint density at radius 2 is 1.71 bits per heavy atom. The highest BCUT2D eigenvalue weighted by Crippen LogP contribution is 2.24. The van der Waals surface area contributed by atoms with Crippen molar-refractivity contribution >= 4 is 24.2 Å². The molecule has 1 amide bonds. The van der Waals surface area contributed by atoms with Crippen molar-refractivity contribution in [2.45, 2.75) is 26.7 Å². The summed E-state index contributed by atoms with van der Waals surface area (Å²) < 4.78 is 10.9. The Labute approximate surface area is 199 Å². The predicted octanol–water partition coefficient (Wildman–Crippen LogP) is 5.27. The van der Waals surface area contributed by atoms with Gasteiger partial charge < -0.3 is 9.47 Å². The largest absolute Gasteiger partial charge is 0.483 e. The van der Waals surface area contributed by atoms with E-state index in [1.54, 1.807) is 30.3 Å². The van der Waals surface area contributed by atoms with Gasteiger partial charge in [-0.05, 0) is 71.5 Å². The molecule has 0 fully saturated rings. The van der Waals surface area contributed by atoms with Gasteiger partial charge in [0.15, 0.2) is 6.61 Å². The summed E-state index contributed by atoms with van der Waals surface area (Å²) in [6.45, 7) is 6.02. The van der Waals surface area contributed by atoms with Gasteiger partial charge in [-0.3, -0.25) is 4.79 Å². The number of amides is 1. The van der Waals surface area contributed by atoms with E-state index in [0.717, 1.165) is 22.3 Å². The van der Waals surface area contributed by atoms with Gasteiger partial charge in [0.1, 0.15) is 11.5 Å². The molecule has 0 aliphatic heterocycles. The molecule has 3 aromatic rings. The summed E-state index contributed by atoms with van der Waals surface area (Å²) in [7, 11) is 0. The third kappa shape index (κ3) is 7.74. The van der Waals surface area contributed by atoms with Crippen LogP contribution >= 0.6 is 0 Å². The highest BCUT2D eigenvalue weighted by atomic mass is 16.5. The zero-order valence-corrected chi connectivity index (χ0v) is 19.5. The molecule has 0 bridgehead atoms. The maximum atomic E-state index is 12.1. The molecule has 0 saturated heterocycles. The summed E-state index contributed by atoms with van der Waals surface area (Å²) in [6.07, 6.45) is 4.57. The Bertz CT molecular complexity index is 1170. The second-order valence-corrected chi connectivity index (χ2v) is 8.00. The van der Waals surface area contributed by atoms with Crippen LogP contribution in [0.25, 0.3) is 6.08 Å². The van der Waals surface area contributed by atoms with E-state index >= 15 is 0 Å². The molecule has 6 nitrogen and oxygen atoms in total. The van der Waals surface area contributed by atoms with Crippen LogP contribution < -0.4 is 14.9 Å². The Hall–Kier alpha value is -4.19. The van der Waals surface area contributed by atoms with Crippen LogP contribution in [0.5, 0.6) is 11.5 Å². The lowest BCUT2D eigenvalue weighted by Gasteiger charge is -2.12. The molecule has 0 saturated carbocycles. The molecule has 6 heteroatoms. The molecular formula is C28H28N2O4. The number of benzene rings is 3. The van der Waals surface area contributed by atoms with Gasteiger partial charge in [0, 0.05) is 6.08 Å². The lowest BCUT2D eigenvalue weighted by Crippen LogP contribution is -2.24. The monoisotopic (exact) mass is 456 g/mol. The Morgan fingerprint density at radius 1 is 0.971 bits per heavy atom. The predicted molar refractivity (Wildman–Crippen MR) is 134 cm³/mol. The summed E-state index contributed by atoms with van der Waals surface area (Å²) in [6, 6.07) is 22.3. The van der Waals surface area contributed by atoms with E-state index < -0.39 is 5.97 Å². The molecule has 0 aliphatic rings. The van der Waals surface area contributed by atoms with E-state index in [0.29, 0.717) is 17.4 Å². The highest BCUT2D eigenvalue weighted by Gasteiger charge is 2.07. The molecule has 0 aliphatic carbocycles. The zero-order valence-electron chi connectivity index (χ0n) is 19.5. The first kappa shape index (κ1) is 24.5. The summed E-state index contributed by atoms with van der Waals surface area (Å²) in [5.74, 6) is 0.653. The second kappa shape index (κ2) is 12.2. The normalized spacial score (nSPS) is 11.2. The average Bonchev–Trinajstić information content (AvgIpc) is 2.84. The van der Waals surface area contributed by atoms with Crippen molar-refractivity contribution in [2.75, 3.05) is 6.61 Å². The maximum Gasteiger partial charge on any atom is 0.336 e. The number of rotatable bonds is 9. The zero-order chi connectivity index (χ0) is 24.3. The number of hydrazone groups is 1. The minimum absolute atomic E-state index is 0.134. The standard InChI is InChI=1S/C28H28N2O4/c1-20(2)24-13-9-21(3)26(17-24)33-19-27(31)30-29-18-23-10-14-25(15-11-23)34-28(32)16-12-22-7-5-4-6-8-22/h4-18,20H,19H2,1-3H3,(H,30,31)/b16-12+,29-18-. The molecule has 0 atom stereocenters. The topological polar surface area (TPSA) is 77.0 Å². The summed E-state index contributed by atoms with van der Waals surface area (Å²) in [5, 5.41) is 3.95. The van der Waals surface area contributed by atoms with Crippen molar-refractivity contribution < 1.29 is 19.1 Å². The van der Waals surface area contributed by atoms with Crippen LogP contribution in [0.2, 0.25) is 0 Å². The number of carbonyl (C=O) groups is 2. The SMILES string of the molecule is Cc1ccc(C(C)C)cc1OCC(=O)N/N=C\c1ccc(OC(=O)/C=C/c2ccccc2)cc1. The minimum atomic E-state index is -0.466. The lowest BCUT2D eigenvalue weighted by molar-refractivity contribution is -0.129. The molecule has 1 N–H and O–H groups in total. The fourth-order valence-electron chi connectivity index (χ4n) is 2.99. The summed E-state index contributed by atoms with van der Waals surface area (Å²) in [5.41, 5.74) is 6.22. The molecule has 3 rings (SSSR count). The summed E-state index contributed by atoms with van der Waals surface area (Å²) in [4.78, 5) is 24.0. The molecule has 0 heterocycles. The van der Waals surface area contributed by atoms with Crippen molar-refractivity contribution in [1.82, 2.24) is 5.43 Å². The average molecular weight is 457 g/mol. The van der Waals surface area contributed by atoms with E-state index in [2.05, 4.69) is 30.4 Å². The highest BCUT2D eigenvalue weighted by molar-refractivity contribution is 5.89. The smallest absolute Gasteiger partial charge is 0.336 e. The Morgan fingerprint density at radius 3 is 2.41 bits per heavy atom. The van der Waals surface area contributed by atoms with Crippen LogP contribution in [0.15, 0.2) is 84.0 Å². The number of hydrogen-bond donors (Lipinski definition) is 1. The van der Waals surface area contributed by atoms with Crippen LogP contribution in [0.1, 0.15) is 42.0 Å². The number of ether oxygens (including phenoxy) is 2.